The van der Waals surface area contributed by atoms with Crippen LogP contribution in [-0.4, -0.2) is 34.9 Å². The van der Waals surface area contributed by atoms with Gasteiger partial charge in [-0.2, -0.15) is 0 Å². The zero-order chi connectivity index (χ0) is 41.4. The Bertz CT molecular complexity index is 1080. The van der Waals surface area contributed by atoms with Crippen LogP contribution in [0.25, 0.3) is 0 Å². The number of aliphatic hydroxyl groups excluding tert-OH is 2. The van der Waals surface area contributed by atoms with Crippen LogP contribution >= 0.6 is 0 Å². The SMILES string of the molecule is CC/C=C\C/C=C\C/C=C\C/C=C\C/C=C\C/C=C\C/C=C\C/C=C\CCCCCCCCCCCCCCCCC(=O)NC(CO)C(O)CCCCCCCC. The molecule has 0 aromatic rings. The van der Waals surface area contributed by atoms with Crippen molar-refractivity contribution >= 4 is 5.91 Å². The summed E-state index contributed by atoms with van der Waals surface area (Å²) in [6, 6.07) is -0.537. The molecular formula is C53H91NO3. The molecule has 57 heavy (non-hydrogen) atoms. The minimum Gasteiger partial charge on any atom is -0.394 e. The first-order valence-electron chi connectivity index (χ1n) is 23.9. The molecule has 0 aromatic heterocycles. The largest absolute Gasteiger partial charge is 0.394 e. The quantitative estimate of drug-likeness (QED) is 0.0426. The summed E-state index contributed by atoms with van der Waals surface area (Å²) in [5.41, 5.74) is 0. The van der Waals surface area contributed by atoms with Gasteiger partial charge in [0.15, 0.2) is 0 Å². The number of unbranched alkanes of at least 4 members (excludes halogenated alkanes) is 19. The molecule has 4 heteroatoms. The predicted octanol–water partition coefficient (Wildman–Crippen LogP) is 15.4. The van der Waals surface area contributed by atoms with Crippen molar-refractivity contribution in [2.45, 2.75) is 225 Å². The Morgan fingerprint density at radius 1 is 0.439 bits per heavy atom. The van der Waals surface area contributed by atoms with Gasteiger partial charge in [0.25, 0.3) is 0 Å². The van der Waals surface area contributed by atoms with Crippen molar-refractivity contribution in [3.05, 3.63) is 97.2 Å². The van der Waals surface area contributed by atoms with Crippen LogP contribution in [0, 0.1) is 0 Å². The number of aliphatic hydroxyl groups is 2. The summed E-state index contributed by atoms with van der Waals surface area (Å²) >= 11 is 0. The summed E-state index contributed by atoms with van der Waals surface area (Å²) in [5, 5.41) is 22.9. The van der Waals surface area contributed by atoms with Crippen molar-refractivity contribution in [1.29, 1.82) is 0 Å². The van der Waals surface area contributed by atoms with E-state index in [1.165, 1.54) is 109 Å². The summed E-state index contributed by atoms with van der Waals surface area (Å²) in [4.78, 5) is 12.3. The van der Waals surface area contributed by atoms with Gasteiger partial charge < -0.3 is 15.5 Å². The standard InChI is InChI=1S/C53H91NO3/c1-3-5-7-9-11-12-13-14-15-16-17-18-19-20-21-22-23-24-25-26-27-28-29-30-31-32-33-34-35-36-37-38-39-40-41-42-43-45-47-49-53(57)54-51(50-55)52(56)48-46-44-10-8-6-4-2/h5,7,11-12,14-15,17-18,20-21,23-24,26-27,29-30,51-52,55-56H,3-4,6,8-10,13,16,19,22,25,28,31-50H2,1-2H3,(H,54,57)/b7-5-,12-11-,15-14-,18-17-,21-20-,24-23-,27-26-,30-29-. The van der Waals surface area contributed by atoms with E-state index in [1.54, 1.807) is 0 Å². The minimum atomic E-state index is -0.659. The first kappa shape index (κ1) is 54.3. The third-order valence-electron chi connectivity index (χ3n) is 10.4. The predicted molar refractivity (Wildman–Crippen MR) is 253 cm³/mol. The molecule has 0 aliphatic carbocycles. The Hall–Kier alpha value is -2.69. The number of allylic oxidation sites excluding steroid dienone is 16. The second-order valence-corrected chi connectivity index (χ2v) is 15.8. The van der Waals surface area contributed by atoms with E-state index >= 15 is 0 Å². The van der Waals surface area contributed by atoms with Crippen molar-refractivity contribution < 1.29 is 15.0 Å². The molecule has 0 aliphatic heterocycles. The zero-order valence-electron chi connectivity index (χ0n) is 37.3. The van der Waals surface area contributed by atoms with Crippen molar-refractivity contribution in [2.24, 2.45) is 0 Å². The van der Waals surface area contributed by atoms with Gasteiger partial charge in [0.2, 0.25) is 5.91 Å². The lowest BCUT2D eigenvalue weighted by Gasteiger charge is -2.22. The number of carbonyl (C=O) groups excluding carboxylic acids is 1. The van der Waals surface area contributed by atoms with E-state index in [-0.39, 0.29) is 12.5 Å². The van der Waals surface area contributed by atoms with Gasteiger partial charge in [0.1, 0.15) is 0 Å². The lowest BCUT2D eigenvalue weighted by Crippen LogP contribution is -2.45. The zero-order valence-corrected chi connectivity index (χ0v) is 37.3. The molecule has 0 heterocycles. The van der Waals surface area contributed by atoms with Crippen molar-refractivity contribution in [3.63, 3.8) is 0 Å². The fourth-order valence-corrected chi connectivity index (χ4v) is 6.73. The first-order chi connectivity index (χ1) is 28.2. The Kier molecular flexibility index (Phi) is 45.4. The Morgan fingerprint density at radius 3 is 1.16 bits per heavy atom. The molecule has 1 amide bonds. The number of nitrogens with one attached hydrogen (secondary N) is 1. The maximum absolute atomic E-state index is 12.3. The Morgan fingerprint density at radius 2 is 0.772 bits per heavy atom. The highest BCUT2D eigenvalue weighted by Crippen LogP contribution is 2.15. The van der Waals surface area contributed by atoms with Crippen LogP contribution in [0.1, 0.15) is 213 Å². The van der Waals surface area contributed by atoms with Crippen LogP contribution in [-0.2, 0) is 4.79 Å². The van der Waals surface area contributed by atoms with Gasteiger partial charge in [-0.3, -0.25) is 4.79 Å². The van der Waals surface area contributed by atoms with Gasteiger partial charge in [-0.15, -0.1) is 0 Å². The van der Waals surface area contributed by atoms with E-state index in [1.807, 2.05) is 0 Å². The monoisotopic (exact) mass is 790 g/mol. The molecule has 2 unspecified atom stereocenters. The maximum Gasteiger partial charge on any atom is 0.220 e. The van der Waals surface area contributed by atoms with Crippen LogP contribution in [0.3, 0.4) is 0 Å². The van der Waals surface area contributed by atoms with Crippen LogP contribution in [0.2, 0.25) is 0 Å². The summed E-state index contributed by atoms with van der Waals surface area (Å²) in [6.07, 6.45) is 71.0. The average molecular weight is 790 g/mol. The molecule has 326 valence electrons. The summed E-state index contributed by atoms with van der Waals surface area (Å²) in [6.45, 7) is 4.17. The van der Waals surface area contributed by atoms with Crippen LogP contribution in [0.4, 0.5) is 0 Å². The normalized spacial score (nSPS) is 13.8. The van der Waals surface area contributed by atoms with Gasteiger partial charge in [-0.1, -0.05) is 227 Å². The molecule has 0 aliphatic rings. The highest BCUT2D eigenvalue weighted by Gasteiger charge is 2.19. The van der Waals surface area contributed by atoms with E-state index in [4.69, 9.17) is 0 Å². The fourth-order valence-electron chi connectivity index (χ4n) is 6.73. The molecule has 0 fully saturated rings. The smallest absolute Gasteiger partial charge is 0.220 e. The second-order valence-electron chi connectivity index (χ2n) is 15.8. The second kappa shape index (κ2) is 47.7. The number of hydrogen-bond donors (Lipinski definition) is 3. The van der Waals surface area contributed by atoms with Gasteiger partial charge in [-0.25, -0.2) is 0 Å². The molecule has 4 nitrogen and oxygen atoms in total. The van der Waals surface area contributed by atoms with Gasteiger partial charge >= 0.3 is 0 Å². The lowest BCUT2D eigenvalue weighted by atomic mass is 10.0. The molecule has 0 spiro atoms. The van der Waals surface area contributed by atoms with E-state index in [9.17, 15) is 15.0 Å². The van der Waals surface area contributed by atoms with E-state index in [0.717, 1.165) is 77.0 Å². The summed E-state index contributed by atoms with van der Waals surface area (Å²) in [7, 11) is 0. The Labute approximate surface area is 353 Å². The van der Waals surface area contributed by atoms with Crippen LogP contribution < -0.4 is 5.32 Å². The average Bonchev–Trinajstić information content (AvgIpc) is 3.22. The van der Waals surface area contributed by atoms with Crippen LogP contribution in [0.15, 0.2) is 97.2 Å². The van der Waals surface area contributed by atoms with Crippen molar-refractivity contribution in [1.82, 2.24) is 5.32 Å². The first-order valence-corrected chi connectivity index (χ1v) is 23.9. The van der Waals surface area contributed by atoms with Gasteiger partial charge in [0.05, 0.1) is 18.8 Å². The highest BCUT2D eigenvalue weighted by molar-refractivity contribution is 5.76. The van der Waals surface area contributed by atoms with Crippen molar-refractivity contribution in [3.8, 4) is 0 Å². The van der Waals surface area contributed by atoms with Gasteiger partial charge in [0, 0.05) is 6.42 Å². The number of carbonyl (C=O) groups is 1. The molecule has 0 bridgehead atoms. The fraction of sp³-hybridized carbons (Fsp3) is 0.679. The third kappa shape index (κ3) is 44.3. The van der Waals surface area contributed by atoms with E-state index in [0.29, 0.717) is 12.8 Å². The molecule has 0 saturated carbocycles. The maximum atomic E-state index is 12.3. The molecular weight excluding hydrogens is 699 g/mol. The number of hydrogen-bond acceptors (Lipinski definition) is 3. The summed E-state index contributed by atoms with van der Waals surface area (Å²) in [5.74, 6) is -0.0415. The van der Waals surface area contributed by atoms with E-state index < -0.39 is 12.1 Å². The van der Waals surface area contributed by atoms with Gasteiger partial charge in [-0.05, 0) is 77.0 Å². The molecule has 0 aromatic carbocycles. The minimum absolute atomic E-state index is 0.0415. The molecule has 2 atom stereocenters. The molecule has 0 rings (SSSR count). The lowest BCUT2D eigenvalue weighted by molar-refractivity contribution is -0.123. The van der Waals surface area contributed by atoms with E-state index in [2.05, 4.69) is 116 Å². The molecule has 0 saturated heterocycles. The topological polar surface area (TPSA) is 69.6 Å². The molecule has 3 N–H and O–H groups in total. The number of rotatable bonds is 42. The summed E-state index contributed by atoms with van der Waals surface area (Å²) < 4.78 is 0. The Balaban J connectivity index is 3.49. The van der Waals surface area contributed by atoms with Crippen LogP contribution in [0.5, 0.6) is 0 Å². The molecule has 0 radical (unpaired) electrons. The number of amides is 1. The highest BCUT2D eigenvalue weighted by atomic mass is 16.3. The third-order valence-corrected chi connectivity index (χ3v) is 10.4. The van der Waals surface area contributed by atoms with Crippen molar-refractivity contribution in [2.75, 3.05) is 6.61 Å².